The quantitative estimate of drug-likeness (QED) is 0.423. The van der Waals surface area contributed by atoms with Crippen molar-refractivity contribution in [3.8, 4) is 5.75 Å². The molecule has 0 fully saturated rings. The van der Waals surface area contributed by atoms with E-state index in [0.29, 0.717) is 32.0 Å². The standard InChI is InChI=1S/C28H32FNO2/c29-15-4-16-30-17-18-32-25-11-8-23(9-12-25)28-26(22-5-2-1-3-6-22)14-10-24-19-21(20-31)7-13-27(24)28/h1-3,5-9,11-13,19,26,28,30-31H,4,10,14-18,20H2/t26-,28+/m0/s1. The van der Waals surface area contributed by atoms with Crippen molar-refractivity contribution in [2.24, 2.45) is 0 Å². The summed E-state index contributed by atoms with van der Waals surface area (Å²) in [5.74, 6) is 1.53. The third-order valence-electron chi connectivity index (χ3n) is 6.35. The molecule has 4 heteroatoms. The lowest BCUT2D eigenvalue weighted by Gasteiger charge is -2.35. The summed E-state index contributed by atoms with van der Waals surface area (Å²) in [6.45, 7) is 1.74. The van der Waals surface area contributed by atoms with E-state index in [2.05, 4.69) is 72.0 Å². The summed E-state index contributed by atoms with van der Waals surface area (Å²) in [6.07, 6.45) is 2.65. The van der Waals surface area contributed by atoms with Gasteiger partial charge in [0.25, 0.3) is 0 Å². The van der Waals surface area contributed by atoms with Crippen LogP contribution in [-0.4, -0.2) is 31.5 Å². The van der Waals surface area contributed by atoms with Gasteiger partial charge < -0.3 is 15.2 Å². The molecule has 3 aromatic rings. The molecule has 1 aliphatic rings. The summed E-state index contributed by atoms with van der Waals surface area (Å²) < 4.78 is 18.0. The zero-order valence-corrected chi connectivity index (χ0v) is 18.5. The van der Waals surface area contributed by atoms with Crippen molar-refractivity contribution in [2.75, 3.05) is 26.4 Å². The third kappa shape index (κ3) is 5.37. The van der Waals surface area contributed by atoms with Crippen LogP contribution in [0.5, 0.6) is 5.75 Å². The van der Waals surface area contributed by atoms with Crippen molar-refractivity contribution < 1.29 is 14.2 Å². The van der Waals surface area contributed by atoms with Gasteiger partial charge in [0.15, 0.2) is 0 Å². The third-order valence-corrected chi connectivity index (χ3v) is 6.35. The molecular formula is C28H32FNO2. The molecule has 3 aromatic carbocycles. The summed E-state index contributed by atoms with van der Waals surface area (Å²) in [5.41, 5.74) is 6.32. The van der Waals surface area contributed by atoms with E-state index < -0.39 is 0 Å². The fourth-order valence-electron chi connectivity index (χ4n) is 4.77. The number of aryl methyl sites for hydroxylation is 1. The Balaban J connectivity index is 1.54. The van der Waals surface area contributed by atoms with Crippen LogP contribution in [-0.2, 0) is 13.0 Å². The maximum Gasteiger partial charge on any atom is 0.119 e. The maximum absolute atomic E-state index is 12.1. The Hall–Kier alpha value is -2.69. The molecule has 0 heterocycles. The highest BCUT2D eigenvalue weighted by molar-refractivity contribution is 5.47. The summed E-state index contributed by atoms with van der Waals surface area (Å²) in [6, 6.07) is 25.7. The van der Waals surface area contributed by atoms with Crippen LogP contribution in [0.3, 0.4) is 0 Å². The largest absolute Gasteiger partial charge is 0.492 e. The molecule has 0 aliphatic heterocycles. The Kier molecular flexibility index (Phi) is 7.92. The summed E-state index contributed by atoms with van der Waals surface area (Å²) in [4.78, 5) is 0. The highest BCUT2D eigenvalue weighted by atomic mass is 19.1. The Morgan fingerprint density at radius 2 is 1.75 bits per heavy atom. The van der Waals surface area contributed by atoms with Gasteiger partial charge in [-0.15, -0.1) is 0 Å². The van der Waals surface area contributed by atoms with Crippen molar-refractivity contribution in [3.63, 3.8) is 0 Å². The minimum Gasteiger partial charge on any atom is -0.492 e. The van der Waals surface area contributed by atoms with Gasteiger partial charge in [0.1, 0.15) is 12.4 Å². The first-order valence-corrected chi connectivity index (χ1v) is 11.6. The van der Waals surface area contributed by atoms with Gasteiger partial charge in [-0.2, -0.15) is 0 Å². The van der Waals surface area contributed by atoms with Gasteiger partial charge in [0.05, 0.1) is 13.3 Å². The highest BCUT2D eigenvalue weighted by Crippen LogP contribution is 2.46. The molecule has 0 spiro atoms. The Morgan fingerprint density at radius 1 is 0.938 bits per heavy atom. The molecule has 168 valence electrons. The smallest absolute Gasteiger partial charge is 0.119 e. The average molecular weight is 434 g/mol. The van der Waals surface area contributed by atoms with Crippen molar-refractivity contribution >= 4 is 0 Å². The minimum atomic E-state index is -0.287. The second-order valence-electron chi connectivity index (χ2n) is 8.43. The van der Waals surface area contributed by atoms with Crippen LogP contribution in [0, 0.1) is 0 Å². The summed E-state index contributed by atoms with van der Waals surface area (Å²) in [7, 11) is 0. The van der Waals surface area contributed by atoms with E-state index >= 15 is 0 Å². The van der Waals surface area contributed by atoms with E-state index in [1.54, 1.807) is 0 Å². The van der Waals surface area contributed by atoms with Crippen molar-refractivity contribution in [3.05, 3.63) is 101 Å². The van der Waals surface area contributed by atoms with Gasteiger partial charge in [-0.3, -0.25) is 4.39 Å². The molecule has 0 saturated carbocycles. The summed E-state index contributed by atoms with van der Waals surface area (Å²) in [5, 5.41) is 12.8. The van der Waals surface area contributed by atoms with Gasteiger partial charge >= 0.3 is 0 Å². The molecule has 0 saturated heterocycles. The number of benzene rings is 3. The van der Waals surface area contributed by atoms with Crippen LogP contribution >= 0.6 is 0 Å². The predicted octanol–water partition coefficient (Wildman–Crippen LogP) is 5.37. The molecule has 32 heavy (non-hydrogen) atoms. The number of ether oxygens (including phenoxy) is 1. The monoisotopic (exact) mass is 433 g/mol. The second kappa shape index (κ2) is 11.3. The molecule has 2 atom stereocenters. The van der Waals surface area contributed by atoms with E-state index in [1.165, 1.54) is 22.3 Å². The molecule has 0 radical (unpaired) electrons. The van der Waals surface area contributed by atoms with Crippen molar-refractivity contribution in [1.29, 1.82) is 0 Å². The van der Waals surface area contributed by atoms with Crippen molar-refractivity contribution in [1.82, 2.24) is 5.32 Å². The average Bonchev–Trinajstić information content (AvgIpc) is 2.86. The zero-order valence-electron chi connectivity index (χ0n) is 18.5. The Labute approximate surface area is 190 Å². The molecule has 0 unspecified atom stereocenters. The van der Waals surface area contributed by atoms with Crippen molar-refractivity contribution in [2.45, 2.75) is 37.7 Å². The van der Waals surface area contributed by atoms with E-state index in [-0.39, 0.29) is 19.2 Å². The lowest BCUT2D eigenvalue weighted by Crippen LogP contribution is -2.22. The van der Waals surface area contributed by atoms with E-state index in [4.69, 9.17) is 4.74 Å². The fraction of sp³-hybridized carbons (Fsp3) is 0.357. The predicted molar refractivity (Wildman–Crippen MR) is 127 cm³/mol. The lowest BCUT2D eigenvalue weighted by molar-refractivity contribution is 0.281. The number of hydrogen-bond donors (Lipinski definition) is 2. The number of nitrogens with one attached hydrogen (secondary N) is 1. The normalized spacial score (nSPS) is 17.7. The van der Waals surface area contributed by atoms with Gasteiger partial charge in [-0.05, 0) is 71.7 Å². The van der Waals surface area contributed by atoms with Crippen LogP contribution in [0.4, 0.5) is 4.39 Å². The van der Waals surface area contributed by atoms with Crippen LogP contribution in [0.25, 0.3) is 0 Å². The minimum absolute atomic E-state index is 0.0781. The van der Waals surface area contributed by atoms with E-state index in [9.17, 15) is 9.50 Å². The Bertz CT molecular complexity index is 974. The molecule has 1 aliphatic carbocycles. The Morgan fingerprint density at radius 3 is 2.50 bits per heavy atom. The van der Waals surface area contributed by atoms with Crippen LogP contribution in [0.15, 0.2) is 72.8 Å². The van der Waals surface area contributed by atoms with Gasteiger partial charge in [0.2, 0.25) is 0 Å². The van der Waals surface area contributed by atoms with Crippen LogP contribution in [0.2, 0.25) is 0 Å². The first kappa shape index (κ1) is 22.5. The van der Waals surface area contributed by atoms with Crippen LogP contribution < -0.4 is 10.1 Å². The number of fused-ring (bicyclic) bond motifs is 1. The number of alkyl halides is 1. The first-order valence-electron chi connectivity index (χ1n) is 11.6. The molecule has 0 amide bonds. The molecule has 0 aromatic heterocycles. The number of hydrogen-bond acceptors (Lipinski definition) is 3. The number of halogens is 1. The number of rotatable bonds is 10. The van der Waals surface area contributed by atoms with Gasteiger partial charge in [-0.25, -0.2) is 0 Å². The highest BCUT2D eigenvalue weighted by Gasteiger charge is 2.32. The number of aliphatic hydroxyl groups excluding tert-OH is 1. The molecule has 3 nitrogen and oxygen atoms in total. The summed E-state index contributed by atoms with van der Waals surface area (Å²) >= 11 is 0. The zero-order chi connectivity index (χ0) is 22.2. The van der Waals surface area contributed by atoms with E-state index in [0.717, 1.165) is 24.2 Å². The SMILES string of the molecule is OCc1ccc2c(c1)CC[C@@H](c1ccccc1)[C@H]2c1ccc(OCCNCCCF)cc1. The maximum atomic E-state index is 12.1. The van der Waals surface area contributed by atoms with Gasteiger partial charge in [0, 0.05) is 12.5 Å². The first-order chi connectivity index (χ1) is 15.8. The fourth-order valence-corrected chi connectivity index (χ4v) is 4.77. The number of aliphatic hydroxyl groups is 1. The molecular weight excluding hydrogens is 401 g/mol. The molecule has 2 N–H and O–H groups in total. The molecule has 0 bridgehead atoms. The van der Waals surface area contributed by atoms with Gasteiger partial charge in [-0.1, -0.05) is 60.7 Å². The topological polar surface area (TPSA) is 41.5 Å². The van der Waals surface area contributed by atoms with E-state index in [1.807, 2.05) is 6.07 Å². The lowest BCUT2D eigenvalue weighted by atomic mass is 9.69. The molecule has 4 rings (SSSR count). The second-order valence-corrected chi connectivity index (χ2v) is 8.43. The van der Waals surface area contributed by atoms with Crippen LogP contribution in [0.1, 0.15) is 52.5 Å².